The summed E-state index contributed by atoms with van der Waals surface area (Å²) < 4.78 is 5.29. The summed E-state index contributed by atoms with van der Waals surface area (Å²) in [5.74, 6) is 0.206. The lowest BCUT2D eigenvalue weighted by Gasteiger charge is -2.36. The molecule has 0 unspecified atom stereocenters. The first kappa shape index (κ1) is 19.5. The van der Waals surface area contributed by atoms with E-state index in [1.54, 1.807) is 18.3 Å². The third-order valence-corrected chi connectivity index (χ3v) is 5.23. The number of aromatic nitrogens is 2. The van der Waals surface area contributed by atoms with Crippen molar-refractivity contribution in [2.24, 2.45) is 0 Å². The van der Waals surface area contributed by atoms with Gasteiger partial charge in [-0.15, -0.1) is 0 Å². The van der Waals surface area contributed by atoms with Gasteiger partial charge in [-0.3, -0.25) is 19.3 Å². The summed E-state index contributed by atoms with van der Waals surface area (Å²) >= 11 is 0. The van der Waals surface area contributed by atoms with Crippen molar-refractivity contribution in [2.45, 2.75) is 6.42 Å². The number of hydrogen-bond acceptors (Lipinski definition) is 8. The zero-order valence-corrected chi connectivity index (χ0v) is 16.2. The molecule has 3 aliphatic rings. The van der Waals surface area contributed by atoms with Gasteiger partial charge in [0.25, 0.3) is 0 Å². The predicted molar refractivity (Wildman–Crippen MR) is 104 cm³/mol. The number of rotatable bonds is 4. The van der Waals surface area contributed by atoms with Gasteiger partial charge in [0.05, 0.1) is 37.6 Å². The van der Waals surface area contributed by atoms with Crippen molar-refractivity contribution < 1.29 is 19.1 Å². The summed E-state index contributed by atoms with van der Waals surface area (Å²) in [7, 11) is 0. The SMILES string of the molecule is O=C1CC(=O)/C(=C/c2ccnc(N3CCN(CC(=O)N4CCOCC4)CC3)n2)N1. The third kappa shape index (κ3) is 4.77. The number of nitrogens with zero attached hydrogens (tertiary/aromatic N) is 5. The second-order valence-corrected chi connectivity index (χ2v) is 7.24. The second-order valence-electron chi connectivity index (χ2n) is 7.24. The Morgan fingerprint density at radius 2 is 1.90 bits per heavy atom. The Kier molecular flexibility index (Phi) is 5.81. The molecule has 2 amide bonds. The van der Waals surface area contributed by atoms with Gasteiger partial charge in [0, 0.05) is 45.5 Å². The lowest BCUT2D eigenvalue weighted by molar-refractivity contribution is -0.136. The lowest BCUT2D eigenvalue weighted by atomic mass is 10.2. The molecule has 29 heavy (non-hydrogen) atoms. The van der Waals surface area contributed by atoms with Crippen LogP contribution >= 0.6 is 0 Å². The minimum atomic E-state index is -0.293. The Bertz CT molecular complexity index is 828. The Balaban J connectivity index is 1.33. The normalized spacial score (nSPS) is 22.3. The van der Waals surface area contributed by atoms with Crippen LogP contribution in [0.25, 0.3) is 6.08 Å². The van der Waals surface area contributed by atoms with E-state index in [0.717, 1.165) is 13.1 Å². The number of carbonyl (C=O) groups excluding carboxylic acids is 3. The number of morpholine rings is 1. The number of carbonyl (C=O) groups is 3. The molecule has 1 aromatic heterocycles. The molecular weight excluding hydrogens is 376 g/mol. The largest absolute Gasteiger partial charge is 0.378 e. The van der Waals surface area contributed by atoms with Crippen LogP contribution in [0.15, 0.2) is 18.0 Å². The first-order chi connectivity index (χ1) is 14.1. The van der Waals surface area contributed by atoms with E-state index in [0.29, 0.717) is 57.6 Å². The van der Waals surface area contributed by atoms with Crippen molar-refractivity contribution in [1.82, 2.24) is 25.1 Å². The average Bonchev–Trinajstić information content (AvgIpc) is 3.06. The molecule has 3 saturated heterocycles. The summed E-state index contributed by atoms with van der Waals surface area (Å²) in [4.78, 5) is 50.4. The summed E-state index contributed by atoms with van der Waals surface area (Å²) in [6.45, 7) is 5.90. The quantitative estimate of drug-likeness (QED) is 0.501. The van der Waals surface area contributed by atoms with Crippen LogP contribution in [0.1, 0.15) is 12.1 Å². The van der Waals surface area contributed by atoms with Crippen LogP contribution in [-0.2, 0) is 19.1 Å². The molecule has 10 nitrogen and oxygen atoms in total. The third-order valence-electron chi connectivity index (χ3n) is 5.23. The van der Waals surface area contributed by atoms with Crippen LogP contribution < -0.4 is 10.2 Å². The van der Waals surface area contributed by atoms with E-state index in [1.807, 2.05) is 4.90 Å². The standard InChI is InChI=1S/C19H24N6O4/c26-16-12-17(27)22-15(16)11-14-1-2-20-19(21-14)25-5-3-23(4-6-25)13-18(28)24-7-9-29-10-8-24/h1-2,11H,3-10,12-13H2,(H,22,27)/b15-11-. The Morgan fingerprint density at radius 3 is 2.59 bits per heavy atom. The van der Waals surface area contributed by atoms with Gasteiger partial charge in [0.1, 0.15) is 0 Å². The molecule has 0 bridgehead atoms. The molecular formula is C19H24N6O4. The van der Waals surface area contributed by atoms with E-state index in [4.69, 9.17) is 4.74 Å². The molecule has 3 fully saturated rings. The van der Waals surface area contributed by atoms with Gasteiger partial charge >= 0.3 is 0 Å². The predicted octanol–water partition coefficient (Wildman–Crippen LogP) is -1.11. The van der Waals surface area contributed by atoms with Crippen LogP contribution in [0.3, 0.4) is 0 Å². The number of anilines is 1. The van der Waals surface area contributed by atoms with Crippen LogP contribution in [0.5, 0.6) is 0 Å². The second kappa shape index (κ2) is 8.66. The lowest BCUT2D eigenvalue weighted by Crippen LogP contribution is -2.51. The summed E-state index contributed by atoms with van der Waals surface area (Å²) in [5.41, 5.74) is 0.844. The highest BCUT2D eigenvalue weighted by Crippen LogP contribution is 2.15. The average molecular weight is 400 g/mol. The van der Waals surface area contributed by atoms with Crippen molar-refractivity contribution in [3.63, 3.8) is 0 Å². The van der Waals surface area contributed by atoms with Gasteiger partial charge in [0.2, 0.25) is 17.8 Å². The van der Waals surface area contributed by atoms with Crippen LogP contribution in [0, 0.1) is 0 Å². The fourth-order valence-corrected chi connectivity index (χ4v) is 3.57. The molecule has 1 N–H and O–H groups in total. The van der Waals surface area contributed by atoms with E-state index < -0.39 is 0 Å². The Hall–Kier alpha value is -2.85. The number of piperazine rings is 1. The van der Waals surface area contributed by atoms with Crippen molar-refractivity contribution in [3.8, 4) is 0 Å². The highest BCUT2D eigenvalue weighted by atomic mass is 16.5. The van der Waals surface area contributed by atoms with Crippen LogP contribution in [0.2, 0.25) is 0 Å². The van der Waals surface area contributed by atoms with Crippen LogP contribution in [-0.4, -0.2) is 96.4 Å². The Morgan fingerprint density at radius 1 is 1.14 bits per heavy atom. The number of ether oxygens (including phenoxy) is 1. The molecule has 0 radical (unpaired) electrons. The summed E-state index contributed by atoms with van der Waals surface area (Å²) in [5, 5.41) is 2.55. The molecule has 1 aromatic rings. The zero-order chi connectivity index (χ0) is 20.2. The van der Waals surface area contributed by atoms with Gasteiger partial charge in [-0.05, 0) is 12.1 Å². The first-order valence-corrected chi connectivity index (χ1v) is 9.79. The molecule has 0 atom stereocenters. The molecule has 4 rings (SSSR count). The number of amides is 2. The maximum Gasteiger partial charge on any atom is 0.236 e. The highest BCUT2D eigenvalue weighted by molar-refractivity contribution is 6.16. The molecule has 0 saturated carbocycles. The van der Waals surface area contributed by atoms with Crippen molar-refractivity contribution in [2.75, 3.05) is 63.9 Å². The number of allylic oxidation sites excluding steroid dienone is 1. The molecule has 0 aliphatic carbocycles. The van der Waals surface area contributed by atoms with E-state index in [-0.39, 0.29) is 29.7 Å². The van der Waals surface area contributed by atoms with Gasteiger partial charge in [-0.2, -0.15) is 0 Å². The number of ketones is 1. The molecule has 3 aliphatic heterocycles. The van der Waals surface area contributed by atoms with Crippen molar-refractivity contribution in [3.05, 3.63) is 23.7 Å². The number of Topliss-reactive ketones (excluding diaryl/α,β-unsaturated/α-hetero) is 1. The maximum atomic E-state index is 12.4. The van der Waals surface area contributed by atoms with Crippen LogP contribution in [0.4, 0.5) is 5.95 Å². The minimum Gasteiger partial charge on any atom is -0.378 e. The van der Waals surface area contributed by atoms with Crippen molar-refractivity contribution in [1.29, 1.82) is 0 Å². The van der Waals surface area contributed by atoms with Gasteiger partial charge in [-0.1, -0.05) is 0 Å². The first-order valence-electron chi connectivity index (χ1n) is 9.79. The van der Waals surface area contributed by atoms with Gasteiger partial charge in [-0.25, -0.2) is 9.97 Å². The van der Waals surface area contributed by atoms with E-state index in [1.165, 1.54) is 0 Å². The Labute approximate surface area is 168 Å². The van der Waals surface area contributed by atoms with E-state index >= 15 is 0 Å². The molecule has 0 aromatic carbocycles. The fraction of sp³-hybridized carbons (Fsp3) is 0.526. The molecule has 10 heteroatoms. The summed E-state index contributed by atoms with van der Waals surface area (Å²) in [6, 6.07) is 1.70. The monoisotopic (exact) mass is 400 g/mol. The molecule has 154 valence electrons. The smallest absolute Gasteiger partial charge is 0.236 e. The number of nitrogens with one attached hydrogen (secondary N) is 1. The zero-order valence-electron chi connectivity index (χ0n) is 16.2. The van der Waals surface area contributed by atoms with Crippen molar-refractivity contribution >= 4 is 29.6 Å². The van der Waals surface area contributed by atoms with Gasteiger partial charge < -0.3 is 19.9 Å². The topological polar surface area (TPSA) is 108 Å². The van der Waals surface area contributed by atoms with E-state index in [9.17, 15) is 14.4 Å². The number of hydrogen-bond donors (Lipinski definition) is 1. The summed E-state index contributed by atoms with van der Waals surface area (Å²) in [6.07, 6.45) is 3.11. The fourth-order valence-electron chi connectivity index (χ4n) is 3.57. The molecule has 0 spiro atoms. The van der Waals surface area contributed by atoms with E-state index in [2.05, 4.69) is 25.1 Å². The highest BCUT2D eigenvalue weighted by Gasteiger charge is 2.25. The van der Waals surface area contributed by atoms with Gasteiger partial charge in [0.15, 0.2) is 5.78 Å². The minimum absolute atomic E-state index is 0.116. The molecule has 4 heterocycles. The maximum absolute atomic E-state index is 12.4.